The fourth-order valence-electron chi connectivity index (χ4n) is 3.63. The Kier molecular flexibility index (Phi) is 14.9. The molecule has 2 rings (SSSR count). The van der Waals surface area contributed by atoms with Crippen molar-refractivity contribution in [3.8, 4) is 11.5 Å². The number of unbranched alkanes of at least 4 members (excludes halogenated alkanes) is 6. The minimum absolute atomic E-state index is 0.538. The molecule has 0 bridgehead atoms. The van der Waals surface area contributed by atoms with Crippen LogP contribution in [0.5, 0.6) is 11.5 Å². The van der Waals surface area contributed by atoms with Crippen molar-refractivity contribution in [3.05, 3.63) is 23.8 Å². The Morgan fingerprint density at radius 3 is 2.16 bits per heavy atom. The first-order chi connectivity index (χ1) is 15.8. The molecule has 1 aromatic rings. The van der Waals surface area contributed by atoms with Crippen LogP contribution in [0.15, 0.2) is 18.2 Å². The smallest absolute Gasteiger partial charge is 0.123 e. The van der Waals surface area contributed by atoms with Gasteiger partial charge < -0.3 is 28.5 Å². The molecule has 0 spiro atoms. The van der Waals surface area contributed by atoms with Crippen LogP contribution in [0.1, 0.15) is 76.2 Å². The number of rotatable bonds is 20. The molecule has 6 heteroatoms. The predicted octanol–water partition coefficient (Wildman–Crippen LogP) is 5.32. The monoisotopic (exact) mass is 450 g/mol. The predicted molar refractivity (Wildman–Crippen MR) is 126 cm³/mol. The summed E-state index contributed by atoms with van der Waals surface area (Å²) < 4.78 is 28.2. The Morgan fingerprint density at radius 1 is 0.844 bits per heavy atom. The number of carbonyl (C=O) groups excluding carboxylic acids is 1. The molecule has 0 amide bonds. The van der Waals surface area contributed by atoms with Crippen LogP contribution >= 0.6 is 0 Å². The van der Waals surface area contributed by atoms with E-state index in [9.17, 15) is 4.79 Å². The van der Waals surface area contributed by atoms with Crippen LogP contribution in [-0.4, -0.2) is 59.1 Å². The second kappa shape index (κ2) is 17.9. The Labute approximate surface area is 193 Å². The van der Waals surface area contributed by atoms with Crippen molar-refractivity contribution in [1.29, 1.82) is 0 Å². The van der Waals surface area contributed by atoms with Crippen LogP contribution in [0, 0.1) is 0 Å². The summed E-state index contributed by atoms with van der Waals surface area (Å²) in [5.41, 5.74) is 1.27. The van der Waals surface area contributed by atoms with E-state index < -0.39 is 0 Å². The first kappa shape index (κ1) is 26.6. The van der Waals surface area contributed by atoms with E-state index in [1.165, 1.54) is 5.56 Å². The number of hydrogen-bond donors (Lipinski definition) is 0. The molecule has 0 N–H and O–H groups in total. The van der Waals surface area contributed by atoms with E-state index >= 15 is 0 Å². The Morgan fingerprint density at radius 2 is 1.47 bits per heavy atom. The van der Waals surface area contributed by atoms with E-state index in [-0.39, 0.29) is 0 Å². The van der Waals surface area contributed by atoms with Gasteiger partial charge >= 0.3 is 0 Å². The molecule has 182 valence electrons. The zero-order valence-corrected chi connectivity index (χ0v) is 19.9. The topological polar surface area (TPSA) is 63.2 Å². The van der Waals surface area contributed by atoms with Gasteiger partial charge in [-0.05, 0) is 62.6 Å². The number of ether oxygens (including phenoxy) is 5. The summed E-state index contributed by atoms with van der Waals surface area (Å²) in [6.07, 6.45) is 10.1. The van der Waals surface area contributed by atoms with E-state index in [1.54, 1.807) is 0 Å². The van der Waals surface area contributed by atoms with E-state index in [2.05, 4.69) is 13.0 Å². The lowest BCUT2D eigenvalue weighted by molar-refractivity contribution is -0.107. The molecule has 1 atom stereocenters. The summed E-state index contributed by atoms with van der Waals surface area (Å²) in [4.78, 5) is 10.2. The molecule has 6 nitrogen and oxygen atoms in total. The number of hydrogen-bond acceptors (Lipinski definition) is 6. The molecule has 1 heterocycles. The molecule has 0 saturated carbocycles. The van der Waals surface area contributed by atoms with Crippen molar-refractivity contribution in [2.75, 3.05) is 52.9 Å². The van der Waals surface area contributed by atoms with Crippen LogP contribution in [-0.2, 0) is 19.0 Å². The fourth-order valence-corrected chi connectivity index (χ4v) is 3.63. The highest BCUT2D eigenvalue weighted by molar-refractivity contribution is 5.48. The quantitative estimate of drug-likeness (QED) is 0.198. The zero-order chi connectivity index (χ0) is 22.7. The first-order valence-corrected chi connectivity index (χ1v) is 12.4. The highest BCUT2D eigenvalue weighted by atomic mass is 16.5. The zero-order valence-electron chi connectivity index (χ0n) is 19.9. The highest BCUT2D eigenvalue weighted by Crippen LogP contribution is 2.35. The van der Waals surface area contributed by atoms with Gasteiger partial charge in [-0.15, -0.1) is 0 Å². The third-order valence-electron chi connectivity index (χ3n) is 5.63. The third kappa shape index (κ3) is 11.8. The maximum Gasteiger partial charge on any atom is 0.123 e. The van der Waals surface area contributed by atoms with Gasteiger partial charge in [-0.25, -0.2) is 0 Å². The van der Waals surface area contributed by atoms with Gasteiger partial charge in [-0.1, -0.05) is 19.8 Å². The second-order valence-corrected chi connectivity index (χ2v) is 8.35. The summed E-state index contributed by atoms with van der Waals surface area (Å²) in [6, 6.07) is 6.19. The van der Waals surface area contributed by atoms with Crippen molar-refractivity contribution in [1.82, 2.24) is 0 Å². The maximum atomic E-state index is 10.2. The highest BCUT2D eigenvalue weighted by Gasteiger charge is 2.18. The van der Waals surface area contributed by atoms with Crippen molar-refractivity contribution in [2.45, 2.75) is 70.6 Å². The normalized spacial score (nSPS) is 15.2. The molecular formula is C26H42O6. The van der Waals surface area contributed by atoms with E-state index in [0.29, 0.717) is 38.8 Å². The molecule has 1 aliphatic rings. The van der Waals surface area contributed by atoms with E-state index in [4.69, 9.17) is 23.7 Å². The molecule has 1 aromatic carbocycles. The third-order valence-corrected chi connectivity index (χ3v) is 5.63. The van der Waals surface area contributed by atoms with Gasteiger partial charge in [-0.3, -0.25) is 0 Å². The molecule has 0 radical (unpaired) electrons. The van der Waals surface area contributed by atoms with Crippen LogP contribution in [0.25, 0.3) is 0 Å². The molecule has 32 heavy (non-hydrogen) atoms. The van der Waals surface area contributed by atoms with E-state index in [1.807, 2.05) is 12.1 Å². The minimum Gasteiger partial charge on any atom is -0.494 e. The van der Waals surface area contributed by atoms with Crippen LogP contribution in [0.4, 0.5) is 0 Å². The van der Waals surface area contributed by atoms with Gasteiger partial charge in [0.1, 0.15) is 17.8 Å². The average molecular weight is 451 g/mol. The lowest BCUT2D eigenvalue weighted by Crippen LogP contribution is -2.12. The summed E-state index contributed by atoms with van der Waals surface area (Å²) >= 11 is 0. The van der Waals surface area contributed by atoms with Gasteiger partial charge in [0.2, 0.25) is 0 Å². The molecule has 1 unspecified atom stereocenters. The SMILES string of the molecule is CC1CCOc2ccc(OCCCCCCOCCOCCOCCCCCC=O)cc21. The van der Waals surface area contributed by atoms with Crippen molar-refractivity contribution in [3.63, 3.8) is 0 Å². The standard InChI is InChI=1S/C26H42O6/c1-23-12-17-32-26-11-10-24(22-25(23)26)31-16-9-5-4-8-15-29-19-21-30-20-18-28-14-7-3-2-6-13-27/h10-11,13,22-23H,2-9,12,14-21H2,1H3. The van der Waals surface area contributed by atoms with Gasteiger partial charge in [0, 0.05) is 25.2 Å². The average Bonchev–Trinajstić information content (AvgIpc) is 2.81. The van der Waals surface area contributed by atoms with Crippen LogP contribution in [0.2, 0.25) is 0 Å². The summed E-state index contributed by atoms with van der Waals surface area (Å²) in [6.45, 7) is 7.81. The Hall–Kier alpha value is -1.63. The lowest BCUT2D eigenvalue weighted by atomic mass is 9.95. The number of benzene rings is 1. The number of aldehydes is 1. The summed E-state index contributed by atoms with van der Waals surface area (Å²) in [5.74, 6) is 2.49. The van der Waals surface area contributed by atoms with Crippen molar-refractivity contribution < 1.29 is 28.5 Å². The van der Waals surface area contributed by atoms with Gasteiger partial charge in [-0.2, -0.15) is 0 Å². The Bertz CT molecular complexity index is 606. The molecule has 0 aromatic heterocycles. The lowest BCUT2D eigenvalue weighted by Gasteiger charge is -2.23. The molecule has 0 saturated heterocycles. The fraction of sp³-hybridized carbons (Fsp3) is 0.731. The van der Waals surface area contributed by atoms with Gasteiger partial charge in [0.25, 0.3) is 0 Å². The Balaban J connectivity index is 1.31. The summed E-state index contributed by atoms with van der Waals surface area (Å²) in [5, 5.41) is 0. The second-order valence-electron chi connectivity index (χ2n) is 8.35. The largest absolute Gasteiger partial charge is 0.494 e. The molecule has 0 fully saturated rings. The van der Waals surface area contributed by atoms with Gasteiger partial charge in [0.15, 0.2) is 0 Å². The maximum absolute atomic E-state index is 10.2. The van der Waals surface area contributed by atoms with Crippen molar-refractivity contribution in [2.24, 2.45) is 0 Å². The first-order valence-electron chi connectivity index (χ1n) is 12.4. The molecule has 1 aliphatic heterocycles. The van der Waals surface area contributed by atoms with Crippen molar-refractivity contribution >= 4 is 6.29 Å². The summed E-state index contributed by atoms with van der Waals surface area (Å²) in [7, 11) is 0. The number of fused-ring (bicyclic) bond motifs is 1. The molecular weight excluding hydrogens is 408 g/mol. The van der Waals surface area contributed by atoms with Gasteiger partial charge in [0.05, 0.1) is 39.6 Å². The molecule has 0 aliphatic carbocycles. The number of carbonyl (C=O) groups is 1. The van der Waals surface area contributed by atoms with E-state index in [0.717, 1.165) is 95.6 Å². The minimum atomic E-state index is 0.538. The van der Waals surface area contributed by atoms with Crippen LogP contribution < -0.4 is 9.47 Å². The van der Waals surface area contributed by atoms with Crippen LogP contribution in [0.3, 0.4) is 0 Å².